The predicted molar refractivity (Wildman–Crippen MR) is 137 cm³/mol. The molecular formula is C29H43N3O3. The molecule has 3 saturated carbocycles. The van der Waals surface area contributed by atoms with Gasteiger partial charge in [-0.25, -0.2) is 0 Å². The summed E-state index contributed by atoms with van der Waals surface area (Å²) in [6.45, 7) is 5.94. The van der Waals surface area contributed by atoms with Crippen LogP contribution >= 0.6 is 0 Å². The molecule has 192 valence electrons. The Labute approximate surface area is 209 Å². The van der Waals surface area contributed by atoms with Gasteiger partial charge in [-0.05, 0) is 81.1 Å². The van der Waals surface area contributed by atoms with E-state index >= 15 is 0 Å². The van der Waals surface area contributed by atoms with Crippen molar-refractivity contribution in [1.29, 1.82) is 0 Å². The number of aliphatic hydroxyl groups is 1. The molecule has 5 rings (SSSR count). The maximum Gasteiger partial charge on any atom is 0.157 e. The standard InChI is InChI=1S/C29H43N3O3/c1-3-35-20-29(34)13-5-4-8-23-21(7-6-14-29)11-15-28(2)24(23)9-10-25(28)27(33)19-32-18-22-12-16-30-17-26(22)31-32/h12,16-18,21,23-25,34H,3-11,13-15,19-20H2,1-2H3. The van der Waals surface area contributed by atoms with Gasteiger partial charge in [0.25, 0.3) is 0 Å². The zero-order valence-electron chi connectivity index (χ0n) is 21.6. The van der Waals surface area contributed by atoms with Gasteiger partial charge >= 0.3 is 0 Å². The van der Waals surface area contributed by atoms with E-state index in [-0.39, 0.29) is 11.3 Å². The van der Waals surface area contributed by atoms with E-state index in [1.165, 1.54) is 32.1 Å². The molecule has 35 heavy (non-hydrogen) atoms. The van der Waals surface area contributed by atoms with Gasteiger partial charge < -0.3 is 9.84 Å². The summed E-state index contributed by atoms with van der Waals surface area (Å²) in [5.41, 5.74) is 0.321. The largest absolute Gasteiger partial charge is 0.387 e. The zero-order valence-corrected chi connectivity index (χ0v) is 21.6. The van der Waals surface area contributed by atoms with Crippen molar-refractivity contribution in [3.05, 3.63) is 24.7 Å². The van der Waals surface area contributed by atoms with Crippen molar-refractivity contribution >= 4 is 16.7 Å². The van der Waals surface area contributed by atoms with Gasteiger partial charge in [-0.2, -0.15) is 5.10 Å². The summed E-state index contributed by atoms with van der Waals surface area (Å²) in [5, 5.41) is 16.7. The molecule has 3 aliphatic carbocycles. The molecule has 6 atom stereocenters. The number of hydrogen-bond donors (Lipinski definition) is 1. The topological polar surface area (TPSA) is 77.2 Å². The molecule has 2 aromatic rings. The minimum atomic E-state index is -0.649. The SMILES string of the molecule is CCOCC1(O)CCCCC2C(CCC1)CCC1(C)C(C(=O)Cn3cc4ccncc4n3)CCC21. The Balaban J connectivity index is 1.25. The molecule has 3 fully saturated rings. The summed E-state index contributed by atoms with van der Waals surface area (Å²) in [7, 11) is 0. The van der Waals surface area contributed by atoms with Crippen LogP contribution < -0.4 is 0 Å². The fourth-order valence-corrected chi connectivity index (χ4v) is 8.05. The van der Waals surface area contributed by atoms with E-state index in [1.807, 2.05) is 23.9 Å². The van der Waals surface area contributed by atoms with Crippen LogP contribution in [0.3, 0.4) is 0 Å². The van der Waals surface area contributed by atoms with Crippen molar-refractivity contribution in [1.82, 2.24) is 14.8 Å². The Morgan fingerprint density at radius 3 is 2.83 bits per heavy atom. The Morgan fingerprint density at radius 2 is 2.00 bits per heavy atom. The lowest BCUT2D eigenvalue weighted by Gasteiger charge is -2.49. The first-order valence-electron chi connectivity index (χ1n) is 14.0. The van der Waals surface area contributed by atoms with Crippen LogP contribution in [0.25, 0.3) is 10.9 Å². The Morgan fingerprint density at radius 1 is 1.14 bits per heavy atom. The third-order valence-corrected chi connectivity index (χ3v) is 9.87. The average molecular weight is 482 g/mol. The monoisotopic (exact) mass is 481 g/mol. The summed E-state index contributed by atoms with van der Waals surface area (Å²) in [5.74, 6) is 2.61. The molecule has 0 amide bonds. The number of ether oxygens (including phenoxy) is 1. The third kappa shape index (κ3) is 5.06. The van der Waals surface area contributed by atoms with Crippen molar-refractivity contribution in [2.75, 3.05) is 13.2 Å². The van der Waals surface area contributed by atoms with Gasteiger partial charge in [-0.1, -0.05) is 32.6 Å². The highest BCUT2D eigenvalue weighted by atomic mass is 16.5. The number of rotatable bonds is 6. The minimum absolute atomic E-state index is 0.117. The number of Topliss-reactive ketones (excluding diaryl/α,β-unsaturated/α-hetero) is 1. The predicted octanol–water partition coefficient (Wildman–Crippen LogP) is 5.57. The van der Waals surface area contributed by atoms with Crippen LogP contribution in [0.5, 0.6) is 0 Å². The number of carbonyl (C=O) groups excluding carboxylic acids is 1. The summed E-state index contributed by atoms with van der Waals surface area (Å²) in [4.78, 5) is 17.7. The van der Waals surface area contributed by atoms with Gasteiger partial charge in [0.2, 0.25) is 0 Å². The van der Waals surface area contributed by atoms with Crippen LogP contribution in [-0.2, 0) is 16.1 Å². The van der Waals surface area contributed by atoms with E-state index in [0.29, 0.717) is 31.5 Å². The molecule has 2 heterocycles. The second-order valence-electron chi connectivity index (χ2n) is 11.9. The van der Waals surface area contributed by atoms with E-state index < -0.39 is 5.60 Å². The molecular weight excluding hydrogens is 438 g/mol. The molecule has 6 unspecified atom stereocenters. The van der Waals surface area contributed by atoms with Crippen molar-refractivity contribution in [2.45, 2.75) is 96.6 Å². The van der Waals surface area contributed by atoms with E-state index in [9.17, 15) is 9.90 Å². The van der Waals surface area contributed by atoms with E-state index in [4.69, 9.17) is 4.74 Å². The highest BCUT2D eigenvalue weighted by molar-refractivity contribution is 5.83. The van der Waals surface area contributed by atoms with Gasteiger partial charge in [-0.3, -0.25) is 14.5 Å². The van der Waals surface area contributed by atoms with Crippen LogP contribution in [0.2, 0.25) is 0 Å². The van der Waals surface area contributed by atoms with Gasteiger partial charge in [0, 0.05) is 30.3 Å². The number of fused-ring (bicyclic) bond motifs is 4. The molecule has 0 aliphatic heterocycles. The average Bonchev–Trinajstić information content (AvgIpc) is 3.41. The zero-order chi connectivity index (χ0) is 24.5. The minimum Gasteiger partial charge on any atom is -0.387 e. The van der Waals surface area contributed by atoms with Crippen molar-refractivity contribution < 1.29 is 14.6 Å². The lowest BCUT2D eigenvalue weighted by molar-refractivity contribution is -0.129. The molecule has 0 spiro atoms. The molecule has 2 aromatic heterocycles. The van der Waals surface area contributed by atoms with Crippen LogP contribution in [0, 0.1) is 29.1 Å². The maximum atomic E-state index is 13.6. The van der Waals surface area contributed by atoms with Gasteiger partial charge in [-0.15, -0.1) is 0 Å². The smallest absolute Gasteiger partial charge is 0.157 e. The number of aromatic nitrogens is 3. The van der Waals surface area contributed by atoms with E-state index in [2.05, 4.69) is 17.0 Å². The van der Waals surface area contributed by atoms with Gasteiger partial charge in [0.15, 0.2) is 5.78 Å². The normalized spacial score (nSPS) is 36.0. The second kappa shape index (κ2) is 10.3. The van der Waals surface area contributed by atoms with Crippen molar-refractivity contribution in [2.24, 2.45) is 29.1 Å². The number of ketones is 1. The molecule has 0 saturated heterocycles. The molecule has 6 nitrogen and oxygen atoms in total. The Hall–Kier alpha value is -1.79. The van der Waals surface area contributed by atoms with Crippen LogP contribution in [-0.4, -0.2) is 44.5 Å². The summed E-state index contributed by atoms with van der Waals surface area (Å²) >= 11 is 0. The molecule has 3 aliphatic rings. The fraction of sp³-hybridized carbons (Fsp3) is 0.759. The number of carbonyl (C=O) groups is 1. The first kappa shape index (κ1) is 24.9. The lowest BCUT2D eigenvalue weighted by Crippen LogP contribution is -2.44. The van der Waals surface area contributed by atoms with Crippen LogP contribution in [0.1, 0.15) is 84.5 Å². The number of nitrogens with zero attached hydrogens (tertiary/aromatic N) is 3. The molecule has 0 radical (unpaired) electrons. The quantitative estimate of drug-likeness (QED) is 0.584. The van der Waals surface area contributed by atoms with Crippen molar-refractivity contribution in [3.8, 4) is 0 Å². The molecule has 1 N–H and O–H groups in total. The lowest BCUT2D eigenvalue weighted by atomic mass is 9.55. The molecule has 0 aromatic carbocycles. The summed E-state index contributed by atoms with van der Waals surface area (Å²) in [6, 6.07) is 1.95. The van der Waals surface area contributed by atoms with Crippen LogP contribution in [0.4, 0.5) is 0 Å². The first-order chi connectivity index (χ1) is 16.9. The van der Waals surface area contributed by atoms with Crippen molar-refractivity contribution in [3.63, 3.8) is 0 Å². The highest BCUT2D eigenvalue weighted by Crippen LogP contribution is 2.61. The Bertz CT molecular complexity index is 989. The molecule has 6 heteroatoms. The third-order valence-electron chi connectivity index (χ3n) is 9.87. The van der Waals surface area contributed by atoms with E-state index in [0.717, 1.165) is 61.3 Å². The summed E-state index contributed by atoms with van der Waals surface area (Å²) < 4.78 is 7.45. The van der Waals surface area contributed by atoms with Gasteiger partial charge in [0.05, 0.1) is 24.9 Å². The second-order valence-corrected chi connectivity index (χ2v) is 11.9. The highest BCUT2D eigenvalue weighted by Gasteiger charge is 2.55. The number of hydrogen-bond acceptors (Lipinski definition) is 5. The fourth-order valence-electron chi connectivity index (χ4n) is 8.05. The summed E-state index contributed by atoms with van der Waals surface area (Å²) in [6.07, 6.45) is 17.6. The Kier molecular flexibility index (Phi) is 7.32. The first-order valence-corrected chi connectivity index (χ1v) is 14.0. The van der Waals surface area contributed by atoms with Gasteiger partial charge in [0.1, 0.15) is 5.52 Å². The van der Waals surface area contributed by atoms with Crippen LogP contribution in [0.15, 0.2) is 24.7 Å². The number of pyridine rings is 1. The molecule has 0 bridgehead atoms. The maximum absolute atomic E-state index is 13.6. The van der Waals surface area contributed by atoms with E-state index in [1.54, 1.807) is 12.4 Å².